The van der Waals surface area contributed by atoms with Crippen molar-refractivity contribution in [3.8, 4) is 0 Å². The topological polar surface area (TPSA) is 20.3 Å². The van der Waals surface area contributed by atoms with Crippen LogP contribution in [0.5, 0.6) is 0 Å². The number of hydrogen-bond donors (Lipinski definition) is 1. The molecule has 14 heavy (non-hydrogen) atoms. The van der Waals surface area contributed by atoms with E-state index in [1.807, 2.05) is 19.2 Å². The highest BCUT2D eigenvalue weighted by molar-refractivity contribution is 9.11. The SMILES string of the molecule is CN(Cc1ccc(Br)s1)C(=O)CCS. The molecule has 0 aromatic carbocycles. The summed E-state index contributed by atoms with van der Waals surface area (Å²) >= 11 is 9.08. The van der Waals surface area contributed by atoms with Crippen LogP contribution in [0.1, 0.15) is 11.3 Å². The van der Waals surface area contributed by atoms with Gasteiger partial charge in [0.05, 0.1) is 10.3 Å². The lowest BCUT2D eigenvalue weighted by atomic mass is 10.4. The van der Waals surface area contributed by atoms with Crippen LogP contribution in [0.25, 0.3) is 0 Å². The maximum Gasteiger partial charge on any atom is 0.223 e. The minimum Gasteiger partial charge on any atom is -0.341 e. The van der Waals surface area contributed by atoms with E-state index in [-0.39, 0.29) is 5.91 Å². The average molecular weight is 294 g/mol. The molecule has 0 saturated heterocycles. The van der Waals surface area contributed by atoms with Crippen LogP contribution in [0.3, 0.4) is 0 Å². The first kappa shape index (κ1) is 12.1. The van der Waals surface area contributed by atoms with Gasteiger partial charge in [-0.1, -0.05) is 0 Å². The molecule has 1 aromatic rings. The van der Waals surface area contributed by atoms with Gasteiger partial charge in [-0.25, -0.2) is 0 Å². The Bertz CT molecular complexity index is 314. The quantitative estimate of drug-likeness (QED) is 0.847. The molecule has 0 N–H and O–H groups in total. The van der Waals surface area contributed by atoms with Gasteiger partial charge in [-0.2, -0.15) is 12.6 Å². The first-order chi connectivity index (χ1) is 6.63. The van der Waals surface area contributed by atoms with E-state index < -0.39 is 0 Å². The fourth-order valence-corrected chi connectivity index (χ4v) is 2.77. The normalized spacial score (nSPS) is 10.2. The van der Waals surface area contributed by atoms with Crippen LogP contribution in [0, 0.1) is 0 Å². The molecule has 0 radical (unpaired) electrons. The van der Waals surface area contributed by atoms with Gasteiger partial charge in [-0.15, -0.1) is 11.3 Å². The summed E-state index contributed by atoms with van der Waals surface area (Å²) in [6.07, 6.45) is 0.506. The number of hydrogen-bond acceptors (Lipinski definition) is 3. The molecule has 0 saturated carbocycles. The Morgan fingerprint density at radius 3 is 2.86 bits per heavy atom. The molecule has 0 bridgehead atoms. The van der Waals surface area contributed by atoms with E-state index in [0.717, 1.165) is 3.79 Å². The van der Waals surface area contributed by atoms with Crippen LogP contribution in [0.4, 0.5) is 0 Å². The molecule has 0 fully saturated rings. The zero-order valence-corrected chi connectivity index (χ0v) is 11.2. The molecule has 0 aliphatic carbocycles. The van der Waals surface area contributed by atoms with Gasteiger partial charge in [0.2, 0.25) is 5.91 Å². The molecule has 1 aromatic heterocycles. The molecule has 1 rings (SSSR count). The number of thiol groups is 1. The molecule has 5 heteroatoms. The summed E-state index contributed by atoms with van der Waals surface area (Å²) in [5, 5.41) is 0. The molecule has 2 nitrogen and oxygen atoms in total. The Balaban J connectivity index is 2.48. The van der Waals surface area contributed by atoms with Crippen molar-refractivity contribution in [1.82, 2.24) is 4.90 Å². The molecule has 1 heterocycles. The fraction of sp³-hybridized carbons (Fsp3) is 0.444. The summed E-state index contributed by atoms with van der Waals surface area (Å²) in [6, 6.07) is 4.02. The van der Waals surface area contributed by atoms with Crippen LogP contribution < -0.4 is 0 Å². The predicted molar refractivity (Wildman–Crippen MR) is 67.0 cm³/mol. The van der Waals surface area contributed by atoms with Crippen molar-refractivity contribution < 1.29 is 4.79 Å². The number of carbonyl (C=O) groups is 1. The summed E-state index contributed by atoms with van der Waals surface area (Å²) in [5.74, 6) is 0.752. The van der Waals surface area contributed by atoms with Crippen LogP contribution in [-0.4, -0.2) is 23.6 Å². The highest BCUT2D eigenvalue weighted by Gasteiger charge is 2.08. The van der Waals surface area contributed by atoms with Gasteiger partial charge in [-0.3, -0.25) is 4.79 Å². The lowest BCUT2D eigenvalue weighted by molar-refractivity contribution is -0.129. The number of thiophene rings is 1. The molecule has 78 valence electrons. The van der Waals surface area contributed by atoms with Crippen molar-refractivity contribution in [3.63, 3.8) is 0 Å². The van der Waals surface area contributed by atoms with E-state index in [1.54, 1.807) is 16.2 Å². The zero-order valence-electron chi connectivity index (χ0n) is 7.86. The van der Waals surface area contributed by atoms with E-state index in [2.05, 4.69) is 28.6 Å². The van der Waals surface area contributed by atoms with Crippen LogP contribution in [-0.2, 0) is 11.3 Å². The van der Waals surface area contributed by atoms with Gasteiger partial charge in [0.15, 0.2) is 0 Å². The van der Waals surface area contributed by atoms with E-state index in [0.29, 0.717) is 18.7 Å². The third kappa shape index (κ3) is 3.63. The number of amides is 1. The molecular formula is C9H12BrNOS2. The highest BCUT2D eigenvalue weighted by atomic mass is 79.9. The molecule has 0 spiro atoms. The number of nitrogens with zero attached hydrogens (tertiary/aromatic N) is 1. The fourth-order valence-electron chi connectivity index (χ4n) is 1.05. The minimum absolute atomic E-state index is 0.143. The number of halogens is 1. The second-order valence-electron chi connectivity index (χ2n) is 2.93. The maximum atomic E-state index is 11.4. The second-order valence-corrected chi connectivity index (χ2v) is 5.92. The Hall–Kier alpha value is -0.000000000000000111. The van der Waals surface area contributed by atoms with Crippen LogP contribution in [0.15, 0.2) is 15.9 Å². The van der Waals surface area contributed by atoms with Gasteiger partial charge < -0.3 is 4.90 Å². The zero-order chi connectivity index (χ0) is 10.6. The molecule has 0 unspecified atom stereocenters. The predicted octanol–water partition coefficient (Wildman–Crippen LogP) is 2.79. The largest absolute Gasteiger partial charge is 0.341 e. The van der Waals surface area contributed by atoms with E-state index >= 15 is 0 Å². The Labute approximate surface area is 102 Å². The van der Waals surface area contributed by atoms with Crippen molar-refractivity contribution in [2.45, 2.75) is 13.0 Å². The van der Waals surface area contributed by atoms with Crippen molar-refractivity contribution in [2.24, 2.45) is 0 Å². The van der Waals surface area contributed by atoms with Gasteiger partial charge >= 0.3 is 0 Å². The summed E-state index contributed by atoms with van der Waals surface area (Å²) < 4.78 is 1.10. The molecule has 0 atom stereocenters. The minimum atomic E-state index is 0.143. The summed E-state index contributed by atoms with van der Waals surface area (Å²) in [4.78, 5) is 14.3. The smallest absolute Gasteiger partial charge is 0.223 e. The van der Waals surface area contributed by atoms with Crippen molar-refractivity contribution in [1.29, 1.82) is 0 Å². The number of rotatable bonds is 4. The van der Waals surface area contributed by atoms with E-state index in [1.165, 1.54) is 4.88 Å². The number of carbonyl (C=O) groups excluding carboxylic acids is 1. The molecule has 0 aliphatic heterocycles. The van der Waals surface area contributed by atoms with Gasteiger partial charge in [0, 0.05) is 18.3 Å². The van der Waals surface area contributed by atoms with Crippen molar-refractivity contribution in [3.05, 3.63) is 20.8 Å². The first-order valence-corrected chi connectivity index (χ1v) is 6.46. The van der Waals surface area contributed by atoms with Gasteiger partial charge in [0.1, 0.15) is 0 Å². The highest BCUT2D eigenvalue weighted by Crippen LogP contribution is 2.23. The molecule has 1 amide bonds. The van der Waals surface area contributed by atoms with Crippen molar-refractivity contribution >= 4 is 45.8 Å². The summed E-state index contributed by atoms with van der Waals surface area (Å²) in [5.41, 5.74) is 0. The maximum absolute atomic E-state index is 11.4. The second kappa shape index (κ2) is 5.78. The summed E-state index contributed by atoms with van der Waals surface area (Å²) in [7, 11) is 1.82. The first-order valence-electron chi connectivity index (χ1n) is 4.22. The van der Waals surface area contributed by atoms with Crippen molar-refractivity contribution in [2.75, 3.05) is 12.8 Å². The molecular weight excluding hydrogens is 282 g/mol. The van der Waals surface area contributed by atoms with Gasteiger partial charge in [0.25, 0.3) is 0 Å². The van der Waals surface area contributed by atoms with Crippen LogP contribution in [0.2, 0.25) is 0 Å². The molecule has 0 aliphatic rings. The third-order valence-electron chi connectivity index (χ3n) is 1.77. The van der Waals surface area contributed by atoms with E-state index in [9.17, 15) is 4.79 Å². The lowest BCUT2D eigenvalue weighted by Crippen LogP contribution is -2.25. The third-order valence-corrected chi connectivity index (χ3v) is 3.61. The van der Waals surface area contributed by atoms with E-state index in [4.69, 9.17) is 0 Å². The lowest BCUT2D eigenvalue weighted by Gasteiger charge is -2.15. The Morgan fingerprint density at radius 1 is 1.64 bits per heavy atom. The summed E-state index contributed by atoms with van der Waals surface area (Å²) in [6.45, 7) is 0.683. The van der Waals surface area contributed by atoms with Crippen LogP contribution >= 0.6 is 39.9 Å². The van der Waals surface area contributed by atoms with Gasteiger partial charge in [-0.05, 0) is 33.8 Å². The Kier molecular flexibility index (Phi) is 4.98. The standard InChI is InChI=1S/C9H12BrNOS2/c1-11(9(12)4-5-13)6-7-2-3-8(10)14-7/h2-3,13H,4-6H2,1H3. The monoisotopic (exact) mass is 293 g/mol. The Morgan fingerprint density at radius 2 is 2.36 bits per heavy atom. The average Bonchev–Trinajstić information content (AvgIpc) is 2.51.